The van der Waals surface area contributed by atoms with Gasteiger partial charge in [-0.15, -0.1) is 0 Å². The lowest BCUT2D eigenvalue weighted by Gasteiger charge is -1.94. The number of aromatic amines is 1. The average Bonchev–Trinajstić information content (AvgIpc) is 2.52. The molecule has 1 aromatic rings. The van der Waals surface area contributed by atoms with Gasteiger partial charge < -0.3 is 10.3 Å². The minimum atomic E-state index is -0.269. The number of imidazole rings is 1. The van der Waals surface area contributed by atoms with Gasteiger partial charge in [-0.1, -0.05) is 13.2 Å². The van der Waals surface area contributed by atoms with Gasteiger partial charge in [-0.25, -0.2) is 4.98 Å². The average molecular weight is 163 g/mol. The number of nitrogens with one attached hydrogen (secondary N) is 2. The lowest BCUT2D eigenvalue weighted by molar-refractivity contribution is -0.111. The van der Waals surface area contributed by atoms with Crippen LogP contribution >= 0.6 is 0 Å². The van der Waals surface area contributed by atoms with Crippen molar-refractivity contribution in [3.05, 3.63) is 31.3 Å². The fraction of sp³-hybridized carbons (Fsp3) is 0. The Bertz CT molecular complexity index is 314. The van der Waals surface area contributed by atoms with E-state index in [0.29, 0.717) is 11.6 Å². The van der Waals surface area contributed by atoms with Crippen molar-refractivity contribution in [2.75, 3.05) is 5.32 Å². The van der Waals surface area contributed by atoms with E-state index in [4.69, 9.17) is 0 Å². The summed E-state index contributed by atoms with van der Waals surface area (Å²) < 4.78 is 0. The number of hydrogen-bond acceptors (Lipinski definition) is 2. The molecule has 4 nitrogen and oxygen atoms in total. The fourth-order valence-electron chi connectivity index (χ4n) is 0.688. The smallest absolute Gasteiger partial charge is 0.248 e. The Kier molecular flexibility index (Phi) is 2.42. The summed E-state index contributed by atoms with van der Waals surface area (Å²) >= 11 is 0. The summed E-state index contributed by atoms with van der Waals surface area (Å²) in [5.74, 6) is 0.887. The maximum Gasteiger partial charge on any atom is 0.248 e. The minimum absolute atomic E-state index is 0.269. The molecule has 12 heavy (non-hydrogen) atoms. The van der Waals surface area contributed by atoms with Crippen molar-refractivity contribution in [1.82, 2.24) is 9.97 Å². The highest BCUT2D eigenvalue weighted by molar-refractivity contribution is 5.98. The lowest BCUT2D eigenvalue weighted by atomic mass is 10.5. The molecule has 2 N–H and O–H groups in total. The Labute approximate surface area is 70.0 Å². The maximum atomic E-state index is 10.8. The van der Waals surface area contributed by atoms with E-state index in [0.717, 1.165) is 0 Å². The van der Waals surface area contributed by atoms with E-state index in [2.05, 4.69) is 28.4 Å². The molecule has 0 spiro atoms. The zero-order valence-electron chi connectivity index (χ0n) is 6.50. The van der Waals surface area contributed by atoms with Crippen molar-refractivity contribution in [3.63, 3.8) is 0 Å². The second-order valence-corrected chi connectivity index (χ2v) is 2.08. The van der Waals surface area contributed by atoms with Crippen LogP contribution in [0, 0.1) is 0 Å². The molecule has 62 valence electrons. The van der Waals surface area contributed by atoms with Gasteiger partial charge in [0, 0.05) is 0 Å². The van der Waals surface area contributed by atoms with Crippen molar-refractivity contribution in [2.45, 2.75) is 0 Å². The predicted octanol–water partition coefficient (Wildman–Crippen LogP) is 1.18. The molecule has 4 heteroatoms. The number of rotatable bonds is 3. The molecular weight excluding hydrogens is 154 g/mol. The summed E-state index contributed by atoms with van der Waals surface area (Å²) in [5, 5.41) is 2.52. The SMILES string of the molecule is C=CC(=O)Nc1cnc(C=C)[nH]1. The molecular formula is C8H9N3O. The fourth-order valence-corrected chi connectivity index (χ4v) is 0.688. The van der Waals surface area contributed by atoms with Gasteiger partial charge in [-0.05, 0) is 12.2 Å². The number of nitrogens with zero attached hydrogens (tertiary/aromatic N) is 1. The minimum Gasteiger partial charge on any atom is -0.325 e. The number of amides is 1. The molecule has 0 aromatic carbocycles. The number of aromatic nitrogens is 2. The van der Waals surface area contributed by atoms with Gasteiger partial charge in [0.1, 0.15) is 11.6 Å². The Morgan fingerprint density at radius 1 is 1.67 bits per heavy atom. The summed E-state index contributed by atoms with van der Waals surface area (Å²) in [4.78, 5) is 17.5. The molecule has 0 radical (unpaired) electrons. The second kappa shape index (κ2) is 3.52. The Morgan fingerprint density at radius 2 is 2.42 bits per heavy atom. The third-order valence-corrected chi connectivity index (χ3v) is 1.23. The van der Waals surface area contributed by atoms with Crippen LogP contribution in [-0.4, -0.2) is 15.9 Å². The number of anilines is 1. The van der Waals surface area contributed by atoms with Gasteiger partial charge in [0.2, 0.25) is 5.91 Å². The van der Waals surface area contributed by atoms with Crippen molar-refractivity contribution in [1.29, 1.82) is 0 Å². The van der Waals surface area contributed by atoms with Crippen molar-refractivity contribution < 1.29 is 4.79 Å². The molecule has 1 rings (SSSR count). The summed E-state index contributed by atoms with van der Waals surface area (Å²) in [6.07, 6.45) is 4.26. The highest BCUT2D eigenvalue weighted by Crippen LogP contribution is 2.03. The largest absolute Gasteiger partial charge is 0.325 e. The number of H-pyrrole nitrogens is 1. The van der Waals surface area contributed by atoms with Crippen molar-refractivity contribution in [2.24, 2.45) is 0 Å². The summed E-state index contributed by atoms with van der Waals surface area (Å²) in [6, 6.07) is 0. The normalized spacial score (nSPS) is 9.00. The molecule has 0 aliphatic heterocycles. The zero-order valence-corrected chi connectivity index (χ0v) is 6.50. The van der Waals surface area contributed by atoms with Crippen LogP contribution in [0.5, 0.6) is 0 Å². The highest BCUT2D eigenvalue weighted by Gasteiger charge is 1.98. The van der Waals surface area contributed by atoms with Gasteiger partial charge in [0.05, 0.1) is 6.20 Å². The Morgan fingerprint density at radius 3 is 2.92 bits per heavy atom. The van der Waals surface area contributed by atoms with Crippen LogP contribution in [0.25, 0.3) is 6.08 Å². The molecule has 0 atom stereocenters. The van der Waals surface area contributed by atoms with Crippen LogP contribution in [-0.2, 0) is 4.79 Å². The first-order valence-electron chi connectivity index (χ1n) is 3.37. The Balaban J connectivity index is 2.69. The molecule has 0 saturated carbocycles. The number of carbonyl (C=O) groups excluding carboxylic acids is 1. The first kappa shape index (κ1) is 8.26. The van der Waals surface area contributed by atoms with E-state index in [-0.39, 0.29) is 5.91 Å². The van der Waals surface area contributed by atoms with Crippen LogP contribution < -0.4 is 5.32 Å². The van der Waals surface area contributed by atoms with E-state index in [1.807, 2.05) is 0 Å². The van der Waals surface area contributed by atoms with E-state index in [1.54, 1.807) is 6.08 Å². The third kappa shape index (κ3) is 1.82. The first-order chi connectivity index (χ1) is 5.76. The first-order valence-corrected chi connectivity index (χ1v) is 3.37. The van der Waals surface area contributed by atoms with E-state index < -0.39 is 0 Å². The Hall–Kier alpha value is -1.84. The second-order valence-electron chi connectivity index (χ2n) is 2.08. The molecule has 1 amide bonds. The molecule has 0 fully saturated rings. The highest BCUT2D eigenvalue weighted by atomic mass is 16.1. The van der Waals surface area contributed by atoms with Gasteiger partial charge in [-0.3, -0.25) is 4.79 Å². The molecule has 0 saturated heterocycles. The summed E-state index contributed by atoms with van der Waals surface area (Å²) in [7, 11) is 0. The van der Waals surface area contributed by atoms with Gasteiger partial charge >= 0.3 is 0 Å². The van der Waals surface area contributed by atoms with Crippen LogP contribution in [0.1, 0.15) is 5.82 Å². The zero-order chi connectivity index (χ0) is 8.97. The number of carbonyl (C=O) groups is 1. The number of hydrogen-bond donors (Lipinski definition) is 2. The van der Waals surface area contributed by atoms with E-state index in [9.17, 15) is 4.79 Å². The molecule has 0 aliphatic carbocycles. The molecule has 0 unspecified atom stereocenters. The predicted molar refractivity (Wildman–Crippen MR) is 47.5 cm³/mol. The van der Waals surface area contributed by atoms with E-state index >= 15 is 0 Å². The van der Waals surface area contributed by atoms with Crippen molar-refractivity contribution >= 4 is 17.8 Å². The van der Waals surface area contributed by atoms with Crippen molar-refractivity contribution in [3.8, 4) is 0 Å². The van der Waals surface area contributed by atoms with Crippen LogP contribution in [0.3, 0.4) is 0 Å². The van der Waals surface area contributed by atoms with Gasteiger partial charge in [0.25, 0.3) is 0 Å². The maximum absolute atomic E-state index is 10.8. The molecule has 1 aromatic heterocycles. The third-order valence-electron chi connectivity index (χ3n) is 1.23. The molecule has 1 heterocycles. The summed E-state index contributed by atoms with van der Waals surface area (Å²) in [5.41, 5.74) is 0. The van der Waals surface area contributed by atoms with Crippen LogP contribution in [0.4, 0.5) is 5.82 Å². The lowest BCUT2D eigenvalue weighted by Crippen LogP contribution is -2.07. The summed E-state index contributed by atoms with van der Waals surface area (Å²) in [6.45, 7) is 6.83. The standard InChI is InChI=1S/C8H9N3O/c1-3-6-9-5-7(10-6)11-8(12)4-2/h3-5H,1-2H2,(H,9,10)(H,11,12). The van der Waals surface area contributed by atoms with Crippen LogP contribution in [0.2, 0.25) is 0 Å². The topological polar surface area (TPSA) is 57.8 Å². The van der Waals surface area contributed by atoms with Gasteiger partial charge in [0.15, 0.2) is 0 Å². The quantitative estimate of drug-likeness (QED) is 0.657. The van der Waals surface area contributed by atoms with E-state index in [1.165, 1.54) is 12.3 Å². The van der Waals surface area contributed by atoms with Gasteiger partial charge in [-0.2, -0.15) is 0 Å². The van der Waals surface area contributed by atoms with Crippen LogP contribution in [0.15, 0.2) is 25.4 Å². The molecule has 0 aliphatic rings. The molecule has 0 bridgehead atoms. The monoisotopic (exact) mass is 163 g/mol.